The Morgan fingerprint density at radius 3 is 1.97 bits per heavy atom. The van der Waals surface area contributed by atoms with Crippen LogP contribution in [0.25, 0.3) is 0 Å². The Morgan fingerprint density at radius 2 is 1.43 bits per heavy atom. The largest absolute Gasteiger partial charge is 0.365 e. The van der Waals surface area contributed by atoms with Crippen molar-refractivity contribution in [3.63, 3.8) is 0 Å². The molecule has 0 spiro atoms. The van der Waals surface area contributed by atoms with Crippen LogP contribution in [0.3, 0.4) is 0 Å². The van der Waals surface area contributed by atoms with Gasteiger partial charge in [0.25, 0.3) is 5.91 Å². The summed E-state index contributed by atoms with van der Waals surface area (Å²) < 4.78 is 44.1. The molecule has 0 saturated carbocycles. The second-order valence-electron chi connectivity index (χ2n) is 8.66. The van der Waals surface area contributed by atoms with Gasteiger partial charge in [-0.3, -0.25) is 4.79 Å². The normalized spacial score (nSPS) is 21.8. The van der Waals surface area contributed by atoms with E-state index in [1.807, 2.05) is 24.3 Å². The number of thioether (sulfide) groups is 1. The molecule has 1 heterocycles. The number of carbonyl (C=O) groups is 1. The molecule has 1 saturated heterocycles. The number of likely N-dealkylation sites (tertiary alicyclic amines) is 1. The van der Waals surface area contributed by atoms with Gasteiger partial charge in [-0.25, -0.2) is 0 Å². The van der Waals surface area contributed by atoms with E-state index in [4.69, 9.17) is 9.47 Å². The summed E-state index contributed by atoms with van der Waals surface area (Å²) in [7, 11) is 0. The number of alkyl halides is 2. The maximum Gasteiger partial charge on any atom is 0.347 e. The number of ether oxygens (including phenoxy) is 2. The molecule has 194 valence electrons. The van der Waals surface area contributed by atoms with Crippen LogP contribution in [0.2, 0.25) is 0 Å². The third-order valence-corrected chi connectivity index (χ3v) is 7.18. The average Bonchev–Trinajstić information content (AvgIpc) is 3.12. The molecule has 0 aliphatic carbocycles. The van der Waals surface area contributed by atoms with E-state index < -0.39 is 29.1 Å². The minimum absolute atomic E-state index is 0.00871. The van der Waals surface area contributed by atoms with E-state index in [0.29, 0.717) is 5.56 Å². The van der Waals surface area contributed by atoms with Crippen molar-refractivity contribution in [3.05, 3.63) is 115 Å². The second-order valence-corrected chi connectivity index (χ2v) is 9.85. The Kier molecular flexibility index (Phi) is 8.76. The first-order valence-electron chi connectivity index (χ1n) is 11.9. The molecule has 5 nitrogen and oxygen atoms in total. The number of hydrogen-bond donors (Lipinski definition) is 1. The van der Waals surface area contributed by atoms with E-state index in [9.17, 15) is 9.90 Å². The van der Waals surface area contributed by atoms with Crippen LogP contribution in [0.1, 0.15) is 17.5 Å². The van der Waals surface area contributed by atoms with Crippen LogP contribution >= 0.6 is 11.8 Å². The van der Waals surface area contributed by atoms with Crippen LogP contribution in [-0.2, 0) is 27.5 Å². The fourth-order valence-corrected chi connectivity index (χ4v) is 5.20. The Bertz CT molecular complexity index is 1170. The lowest BCUT2D eigenvalue weighted by atomic mass is 10.1. The Morgan fingerprint density at radius 1 is 0.919 bits per heavy atom. The molecule has 1 aliphatic rings. The number of nitrogens with zero attached hydrogens (tertiary/aromatic N) is 1. The lowest BCUT2D eigenvalue weighted by Gasteiger charge is -2.41. The van der Waals surface area contributed by atoms with Crippen molar-refractivity contribution in [2.45, 2.75) is 47.7 Å². The molecule has 4 rings (SSSR count). The minimum atomic E-state index is -3.84. The summed E-state index contributed by atoms with van der Waals surface area (Å²) in [5.41, 5.74) is -1.51. The van der Waals surface area contributed by atoms with Crippen molar-refractivity contribution in [1.29, 1.82) is 0 Å². The predicted molar refractivity (Wildman–Crippen MR) is 139 cm³/mol. The van der Waals surface area contributed by atoms with E-state index >= 15 is 8.78 Å². The van der Waals surface area contributed by atoms with Crippen LogP contribution in [0.5, 0.6) is 0 Å². The number of halogens is 2. The molecule has 1 aliphatic heterocycles. The van der Waals surface area contributed by atoms with Crippen molar-refractivity contribution in [2.24, 2.45) is 0 Å². The SMILES string of the molecule is C=CCCN1C(=O)[C@H](OCc2ccccc2)[C@@H](OCc2ccccc2)[C@]1(O)C(F)(F)Sc1ccccc1. The van der Waals surface area contributed by atoms with Crippen LogP contribution in [0, 0.1) is 0 Å². The monoisotopic (exact) mass is 525 g/mol. The Labute approximate surface area is 219 Å². The van der Waals surface area contributed by atoms with E-state index in [-0.39, 0.29) is 42.8 Å². The van der Waals surface area contributed by atoms with Gasteiger partial charge in [-0.2, -0.15) is 8.78 Å². The van der Waals surface area contributed by atoms with Crippen molar-refractivity contribution < 1.29 is 28.2 Å². The zero-order chi connectivity index (χ0) is 26.3. The summed E-state index contributed by atoms with van der Waals surface area (Å²) in [5.74, 6) is -0.758. The number of amides is 1. The predicted octanol–water partition coefficient (Wildman–Crippen LogP) is 5.65. The number of hydrogen-bond acceptors (Lipinski definition) is 5. The quantitative estimate of drug-likeness (QED) is 0.245. The molecule has 3 atom stereocenters. The van der Waals surface area contributed by atoms with Gasteiger partial charge in [-0.15, -0.1) is 6.58 Å². The van der Waals surface area contributed by atoms with Gasteiger partial charge in [0.2, 0.25) is 5.72 Å². The van der Waals surface area contributed by atoms with E-state index in [1.54, 1.807) is 54.6 Å². The molecule has 1 N–H and O–H groups in total. The average molecular weight is 526 g/mol. The lowest BCUT2D eigenvalue weighted by molar-refractivity contribution is -0.252. The summed E-state index contributed by atoms with van der Waals surface area (Å²) in [6.07, 6.45) is -1.40. The molecule has 1 amide bonds. The second kappa shape index (κ2) is 12.0. The zero-order valence-corrected chi connectivity index (χ0v) is 21.0. The molecule has 3 aromatic rings. The highest BCUT2D eigenvalue weighted by molar-refractivity contribution is 8.00. The van der Waals surface area contributed by atoms with Gasteiger partial charge >= 0.3 is 5.25 Å². The van der Waals surface area contributed by atoms with Crippen LogP contribution in [-0.4, -0.2) is 45.6 Å². The van der Waals surface area contributed by atoms with Crippen molar-refractivity contribution in [1.82, 2.24) is 4.90 Å². The molecular weight excluding hydrogens is 496 g/mol. The van der Waals surface area contributed by atoms with E-state index in [1.165, 1.54) is 18.2 Å². The highest BCUT2D eigenvalue weighted by atomic mass is 32.2. The first-order chi connectivity index (χ1) is 17.9. The van der Waals surface area contributed by atoms with Crippen molar-refractivity contribution >= 4 is 17.7 Å². The summed E-state index contributed by atoms with van der Waals surface area (Å²) in [4.78, 5) is 14.6. The van der Waals surface area contributed by atoms with Crippen LogP contribution in [0.15, 0.2) is 109 Å². The molecule has 37 heavy (non-hydrogen) atoms. The molecule has 3 aromatic carbocycles. The van der Waals surface area contributed by atoms with Crippen LogP contribution in [0.4, 0.5) is 8.78 Å². The zero-order valence-electron chi connectivity index (χ0n) is 20.2. The highest BCUT2D eigenvalue weighted by Gasteiger charge is 2.71. The molecule has 0 radical (unpaired) electrons. The standard InChI is InChI=1S/C29H29F2NO4S/c1-2-3-19-32-27(33)25(35-20-22-13-7-4-8-14-22)26(36-21-23-15-9-5-10-16-23)28(32,34)29(30,31)37-24-17-11-6-12-18-24/h2,4-18,25-26,34H,1,3,19-21H2/t25-,26-,28+/m1/s1. The van der Waals surface area contributed by atoms with Gasteiger partial charge < -0.3 is 19.5 Å². The lowest BCUT2D eigenvalue weighted by Crippen LogP contribution is -2.63. The van der Waals surface area contributed by atoms with E-state index in [0.717, 1.165) is 10.5 Å². The Balaban J connectivity index is 1.71. The molecule has 8 heteroatoms. The number of aliphatic hydroxyl groups is 1. The Hall–Kier alpha value is -3.04. The summed E-state index contributed by atoms with van der Waals surface area (Å²) in [6.45, 7) is 3.37. The minimum Gasteiger partial charge on any atom is -0.365 e. The third-order valence-electron chi connectivity index (χ3n) is 6.11. The number of benzene rings is 3. The molecule has 1 fully saturated rings. The van der Waals surface area contributed by atoms with Crippen molar-refractivity contribution in [3.8, 4) is 0 Å². The topological polar surface area (TPSA) is 59.0 Å². The third kappa shape index (κ3) is 5.93. The van der Waals surface area contributed by atoms with Gasteiger partial charge in [0.1, 0.15) is 6.10 Å². The maximum absolute atomic E-state index is 16.1. The van der Waals surface area contributed by atoms with Gasteiger partial charge in [0.05, 0.1) is 13.2 Å². The van der Waals surface area contributed by atoms with Crippen LogP contribution < -0.4 is 0 Å². The first-order valence-corrected chi connectivity index (χ1v) is 12.8. The van der Waals surface area contributed by atoms with Gasteiger partial charge in [-0.1, -0.05) is 84.9 Å². The van der Waals surface area contributed by atoms with E-state index in [2.05, 4.69) is 6.58 Å². The summed E-state index contributed by atoms with van der Waals surface area (Å²) in [6, 6.07) is 26.1. The number of carbonyl (C=O) groups excluding carboxylic acids is 1. The molecular formula is C29H29F2NO4S. The molecule has 0 unspecified atom stereocenters. The van der Waals surface area contributed by atoms with Gasteiger partial charge in [0, 0.05) is 11.4 Å². The fourth-order valence-electron chi connectivity index (χ4n) is 4.23. The maximum atomic E-state index is 16.1. The highest BCUT2D eigenvalue weighted by Crippen LogP contribution is 2.51. The van der Waals surface area contributed by atoms with Gasteiger partial charge in [0.15, 0.2) is 6.10 Å². The molecule has 0 bridgehead atoms. The summed E-state index contributed by atoms with van der Waals surface area (Å²) >= 11 is 0.185. The fraction of sp³-hybridized carbons (Fsp3) is 0.276. The first kappa shape index (κ1) is 27.0. The number of rotatable bonds is 12. The van der Waals surface area contributed by atoms with Gasteiger partial charge in [-0.05, 0) is 41.4 Å². The smallest absolute Gasteiger partial charge is 0.347 e. The summed E-state index contributed by atoms with van der Waals surface area (Å²) in [5, 5.41) is 8.00. The molecule has 0 aromatic heterocycles. The van der Waals surface area contributed by atoms with Crippen molar-refractivity contribution in [2.75, 3.05) is 6.54 Å².